The van der Waals surface area contributed by atoms with Crippen LogP contribution in [0.5, 0.6) is 0 Å². The van der Waals surface area contributed by atoms with Crippen molar-refractivity contribution in [3.8, 4) is 0 Å². The van der Waals surface area contributed by atoms with Crippen molar-refractivity contribution in [2.24, 2.45) is 5.92 Å². The van der Waals surface area contributed by atoms with Crippen LogP contribution < -0.4 is 10.2 Å². The summed E-state index contributed by atoms with van der Waals surface area (Å²) in [5.41, 5.74) is 2.73. The van der Waals surface area contributed by atoms with Crippen LogP contribution in [0, 0.1) is 5.92 Å². The van der Waals surface area contributed by atoms with Crippen LogP contribution in [-0.2, 0) is 16.0 Å². The lowest BCUT2D eigenvalue weighted by atomic mass is 10.0. The average Bonchev–Trinajstić information content (AvgIpc) is 2.55. The van der Waals surface area contributed by atoms with Gasteiger partial charge in [-0.3, -0.25) is 0 Å². The highest BCUT2D eigenvalue weighted by Crippen LogP contribution is 2.24. The van der Waals surface area contributed by atoms with E-state index in [0.29, 0.717) is 18.1 Å². The molecular formula is C19H30N2O2. The topological polar surface area (TPSA) is 33.7 Å². The molecule has 0 spiro atoms. The van der Waals surface area contributed by atoms with Crippen molar-refractivity contribution in [2.45, 2.75) is 45.4 Å². The van der Waals surface area contributed by atoms with Crippen LogP contribution in [0.15, 0.2) is 24.3 Å². The van der Waals surface area contributed by atoms with E-state index < -0.39 is 0 Å². The van der Waals surface area contributed by atoms with Gasteiger partial charge in [-0.05, 0) is 44.2 Å². The van der Waals surface area contributed by atoms with Crippen molar-refractivity contribution in [1.82, 2.24) is 5.32 Å². The molecule has 1 aromatic rings. The van der Waals surface area contributed by atoms with E-state index in [1.54, 1.807) is 0 Å². The molecule has 4 heteroatoms. The van der Waals surface area contributed by atoms with Crippen molar-refractivity contribution in [1.29, 1.82) is 0 Å². The lowest BCUT2D eigenvalue weighted by molar-refractivity contribution is -0.00526. The van der Waals surface area contributed by atoms with Crippen molar-refractivity contribution in [3.05, 3.63) is 29.8 Å². The molecular weight excluding hydrogens is 288 g/mol. The second kappa shape index (κ2) is 8.13. The third kappa shape index (κ3) is 4.69. The summed E-state index contributed by atoms with van der Waals surface area (Å²) in [6, 6.07) is 8.76. The monoisotopic (exact) mass is 318 g/mol. The van der Waals surface area contributed by atoms with Crippen LogP contribution in [0.3, 0.4) is 0 Å². The number of rotatable bonds is 5. The standard InChI is InChI=1S/C19H30N2O2/c1-15-12-21(13-16(2)23-15)19-8-4-3-7-18(19)11-20-10-17-6-5-9-22-14-17/h3-4,7-8,15-17,20H,5-6,9-14H2,1-2H3/t15-,16-,17-/m1/s1. The Kier molecular flexibility index (Phi) is 5.92. The molecule has 2 aliphatic heterocycles. The minimum Gasteiger partial charge on any atom is -0.381 e. The summed E-state index contributed by atoms with van der Waals surface area (Å²) in [5.74, 6) is 0.666. The summed E-state index contributed by atoms with van der Waals surface area (Å²) in [5, 5.41) is 3.64. The molecule has 2 saturated heterocycles. The lowest BCUT2D eigenvalue weighted by Crippen LogP contribution is -2.46. The fourth-order valence-electron chi connectivity index (χ4n) is 3.72. The SMILES string of the molecule is C[C@@H]1CN(c2ccccc2CNC[C@H]2CCCOC2)C[C@@H](C)O1. The normalized spacial score (nSPS) is 28.8. The van der Waals surface area contributed by atoms with Gasteiger partial charge in [-0.2, -0.15) is 0 Å². The lowest BCUT2D eigenvalue weighted by Gasteiger charge is -2.38. The first-order valence-corrected chi connectivity index (χ1v) is 8.99. The molecule has 0 saturated carbocycles. The van der Waals surface area contributed by atoms with Crippen molar-refractivity contribution < 1.29 is 9.47 Å². The molecule has 23 heavy (non-hydrogen) atoms. The Labute approximate surface area is 140 Å². The van der Waals surface area contributed by atoms with Gasteiger partial charge in [0.25, 0.3) is 0 Å². The van der Waals surface area contributed by atoms with Crippen molar-refractivity contribution in [3.63, 3.8) is 0 Å². The zero-order valence-corrected chi connectivity index (χ0v) is 14.5. The van der Waals surface area contributed by atoms with Crippen LogP contribution in [0.2, 0.25) is 0 Å². The number of anilines is 1. The number of morpholine rings is 1. The minimum atomic E-state index is 0.291. The number of benzene rings is 1. The summed E-state index contributed by atoms with van der Waals surface area (Å²) in [6.45, 7) is 10.1. The van der Waals surface area contributed by atoms with E-state index in [4.69, 9.17) is 9.47 Å². The third-order valence-corrected chi connectivity index (χ3v) is 4.75. The highest BCUT2D eigenvalue weighted by atomic mass is 16.5. The summed E-state index contributed by atoms with van der Waals surface area (Å²) in [7, 11) is 0. The Bertz CT molecular complexity index is 478. The molecule has 3 atom stereocenters. The summed E-state index contributed by atoms with van der Waals surface area (Å²) in [6.07, 6.45) is 3.07. The molecule has 0 amide bonds. The van der Waals surface area contributed by atoms with Gasteiger partial charge in [-0.25, -0.2) is 0 Å². The smallest absolute Gasteiger partial charge is 0.0726 e. The van der Waals surface area contributed by atoms with Gasteiger partial charge in [0.1, 0.15) is 0 Å². The summed E-state index contributed by atoms with van der Waals surface area (Å²) >= 11 is 0. The van der Waals surface area contributed by atoms with Gasteiger partial charge >= 0.3 is 0 Å². The first-order chi connectivity index (χ1) is 11.2. The second-order valence-corrected chi connectivity index (χ2v) is 7.01. The van der Waals surface area contributed by atoms with E-state index in [-0.39, 0.29) is 0 Å². The maximum absolute atomic E-state index is 5.87. The first kappa shape index (κ1) is 16.7. The minimum absolute atomic E-state index is 0.291. The summed E-state index contributed by atoms with van der Waals surface area (Å²) < 4.78 is 11.4. The maximum atomic E-state index is 5.87. The predicted molar refractivity (Wildman–Crippen MR) is 93.9 cm³/mol. The number of para-hydroxylation sites is 1. The molecule has 2 fully saturated rings. The van der Waals surface area contributed by atoms with E-state index in [9.17, 15) is 0 Å². The number of hydrogen-bond donors (Lipinski definition) is 1. The molecule has 0 unspecified atom stereocenters. The van der Waals surface area contributed by atoms with Crippen LogP contribution in [0.25, 0.3) is 0 Å². The van der Waals surface area contributed by atoms with E-state index >= 15 is 0 Å². The van der Waals surface area contributed by atoms with E-state index in [0.717, 1.165) is 39.4 Å². The Morgan fingerprint density at radius 2 is 1.96 bits per heavy atom. The zero-order chi connectivity index (χ0) is 16.1. The van der Waals surface area contributed by atoms with Gasteiger partial charge in [0.15, 0.2) is 0 Å². The molecule has 0 aliphatic carbocycles. The van der Waals surface area contributed by atoms with Crippen LogP contribution in [0.1, 0.15) is 32.3 Å². The largest absolute Gasteiger partial charge is 0.381 e. The number of nitrogens with zero attached hydrogens (tertiary/aromatic N) is 1. The molecule has 1 N–H and O–H groups in total. The maximum Gasteiger partial charge on any atom is 0.0726 e. The van der Waals surface area contributed by atoms with Crippen molar-refractivity contribution in [2.75, 3.05) is 37.7 Å². The fraction of sp³-hybridized carbons (Fsp3) is 0.684. The van der Waals surface area contributed by atoms with E-state index in [1.807, 2.05) is 0 Å². The van der Waals surface area contributed by atoms with E-state index in [1.165, 1.54) is 24.1 Å². The molecule has 0 bridgehead atoms. The van der Waals surface area contributed by atoms with Crippen molar-refractivity contribution >= 4 is 5.69 Å². The molecule has 1 aromatic carbocycles. The van der Waals surface area contributed by atoms with Crippen LogP contribution in [0.4, 0.5) is 5.69 Å². The highest BCUT2D eigenvalue weighted by Gasteiger charge is 2.23. The Balaban J connectivity index is 1.58. The van der Waals surface area contributed by atoms with Gasteiger partial charge in [-0.1, -0.05) is 18.2 Å². The molecule has 2 heterocycles. The predicted octanol–water partition coefficient (Wildman–Crippen LogP) is 2.82. The van der Waals surface area contributed by atoms with Gasteiger partial charge in [-0.15, -0.1) is 0 Å². The molecule has 2 aliphatic rings. The molecule has 0 radical (unpaired) electrons. The summed E-state index contributed by atoms with van der Waals surface area (Å²) in [4.78, 5) is 2.47. The number of ether oxygens (including phenoxy) is 2. The Morgan fingerprint density at radius 1 is 1.17 bits per heavy atom. The average molecular weight is 318 g/mol. The molecule has 128 valence electrons. The first-order valence-electron chi connectivity index (χ1n) is 8.99. The van der Waals surface area contributed by atoms with Gasteiger partial charge < -0.3 is 19.7 Å². The molecule has 4 nitrogen and oxygen atoms in total. The Morgan fingerprint density at radius 3 is 2.70 bits per heavy atom. The van der Waals surface area contributed by atoms with Gasteiger partial charge in [0.05, 0.1) is 18.8 Å². The quantitative estimate of drug-likeness (QED) is 0.905. The van der Waals surface area contributed by atoms with Crippen LogP contribution >= 0.6 is 0 Å². The third-order valence-electron chi connectivity index (χ3n) is 4.75. The molecule has 0 aromatic heterocycles. The zero-order valence-electron chi connectivity index (χ0n) is 14.5. The van der Waals surface area contributed by atoms with E-state index in [2.05, 4.69) is 48.3 Å². The van der Waals surface area contributed by atoms with Gasteiger partial charge in [0.2, 0.25) is 0 Å². The highest BCUT2D eigenvalue weighted by molar-refractivity contribution is 5.54. The number of hydrogen-bond acceptors (Lipinski definition) is 4. The number of nitrogens with one attached hydrogen (secondary N) is 1. The van der Waals surface area contributed by atoms with Gasteiger partial charge in [0, 0.05) is 38.5 Å². The second-order valence-electron chi connectivity index (χ2n) is 7.01. The Hall–Kier alpha value is -1.10. The van der Waals surface area contributed by atoms with Crippen LogP contribution in [-0.4, -0.2) is 45.1 Å². The fourth-order valence-corrected chi connectivity index (χ4v) is 3.72. The molecule has 3 rings (SSSR count).